The molecule has 4 aliphatic heterocycles. The number of allylic oxidation sites excluding steroid dienone is 5. The summed E-state index contributed by atoms with van der Waals surface area (Å²) in [4.78, 5) is 45.4. The predicted octanol–water partition coefficient (Wildman–Crippen LogP) is 8.47. The first-order valence-electron chi connectivity index (χ1n) is 19.2. The second kappa shape index (κ2) is 12.9. The van der Waals surface area contributed by atoms with E-state index in [-0.39, 0.29) is 29.8 Å². The third kappa shape index (κ3) is 5.45. The molecule has 3 fully saturated rings. The number of amides is 1. The second-order valence-electron chi connectivity index (χ2n) is 17.0. The number of ketones is 2. The van der Waals surface area contributed by atoms with E-state index in [0.717, 1.165) is 56.3 Å². The number of carbonyl (C=O) groups excluding carboxylic acids is 3. The Balaban J connectivity index is 1.40. The van der Waals surface area contributed by atoms with Crippen LogP contribution in [0.25, 0.3) is 6.08 Å². The normalized spacial score (nSPS) is 30.8. The minimum Gasteiger partial charge on any atom is -0.495 e. The average molecular weight is 710 g/mol. The summed E-state index contributed by atoms with van der Waals surface area (Å²) in [5, 5.41) is 0. The lowest BCUT2D eigenvalue weighted by Gasteiger charge is -2.56. The Morgan fingerprint density at radius 2 is 1.67 bits per heavy atom. The van der Waals surface area contributed by atoms with Gasteiger partial charge in [0.25, 0.3) is 0 Å². The maximum absolute atomic E-state index is 15.2. The van der Waals surface area contributed by atoms with Crippen molar-refractivity contribution in [1.82, 2.24) is 4.90 Å². The van der Waals surface area contributed by atoms with Crippen LogP contribution in [0.3, 0.4) is 0 Å². The fraction of sp³-hybridized carbons (Fsp3) is 0.568. The predicted molar refractivity (Wildman–Crippen MR) is 202 cm³/mol. The van der Waals surface area contributed by atoms with Crippen molar-refractivity contribution in [3.8, 4) is 17.2 Å². The van der Waals surface area contributed by atoms with E-state index in [1.165, 1.54) is 5.57 Å². The maximum atomic E-state index is 15.2. The van der Waals surface area contributed by atoms with Crippen LogP contribution in [0.15, 0.2) is 52.7 Å². The first-order valence-corrected chi connectivity index (χ1v) is 19.2. The highest BCUT2D eigenvalue weighted by Gasteiger charge is 2.81. The summed E-state index contributed by atoms with van der Waals surface area (Å²) in [6.07, 6.45) is 17.9. The number of piperidine rings is 1. The Hall–Kier alpha value is -3.91. The van der Waals surface area contributed by atoms with Crippen molar-refractivity contribution in [2.24, 2.45) is 11.8 Å². The van der Waals surface area contributed by atoms with E-state index < -0.39 is 28.3 Å². The molecule has 278 valence electrons. The van der Waals surface area contributed by atoms with Crippen LogP contribution < -0.4 is 14.2 Å². The Kier molecular flexibility index (Phi) is 9.04. The molecular formula is C44H55NO7. The van der Waals surface area contributed by atoms with Crippen molar-refractivity contribution in [1.29, 1.82) is 0 Å². The summed E-state index contributed by atoms with van der Waals surface area (Å²) in [5.41, 5.74) is 0.945. The zero-order valence-electron chi connectivity index (χ0n) is 32.5. The van der Waals surface area contributed by atoms with Gasteiger partial charge in [0, 0.05) is 48.1 Å². The van der Waals surface area contributed by atoms with E-state index in [0.29, 0.717) is 52.4 Å². The highest BCUT2D eigenvalue weighted by atomic mass is 16.6. The molecule has 1 aromatic rings. The van der Waals surface area contributed by atoms with Gasteiger partial charge in [-0.15, -0.1) is 0 Å². The minimum atomic E-state index is -1.50. The van der Waals surface area contributed by atoms with Crippen LogP contribution in [-0.2, 0) is 20.7 Å². The summed E-state index contributed by atoms with van der Waals surface area (Å²) in [7, 11) is 1.58. The smallest absolute Gasteiger partial charge is 0.249 e. The third-order valence-electron chi connectivity index (χ3n) is 12.3. The quantitative estimate of drug-likeness (QED) is 0.188. The number of benzene rings is 1. The fourth-order valence-electron chi connectivity index (χ4n) is 9.71. The number of methoxy groups -OCH3 is 1. The molecule has 5 atom stereocenters. The molecule has 4 bridgehead atoms. The number of carbonyl (C=O) groups is 3. The largest absolute Gasteiger partial charge is 0.495 e. The van der Waals surface area contributed by atoms with Gasteiger partial charge in [-0.25, -0.2) is 0 Å². The van der Waals surface area contributed by atoms with Gasteiger partial charge in [-0.05, 0) is 112 Å². The van der Waals surface area contributed by atoms with E-state index in [1.807, 2.05) is 57.7 Å². The first-order chi connectivity index (χ1) is 24.6. The molecule has 8 heteroatoms. The molecule has 8 rings (SSSR count). The molecule has 1 spiro atoms. The molecule has 0 aromatic heterocycles. The minimum absolute atomic E-state index is 0.0178. The van der Waals surface area contributed by atoms with Crippen LogP contribution in [0.4, 0.5) is 0 Å². The van der Waals surface area contributed by atoms with Crippen molar-refractivity contribution >= 4 is 23.5 Å². The molecule has 1 aromatic carbocycles. The number of Topliss-reactive ketones (excluding diaryl/α,β-unsaturated/α-hetero) is 2. The Morgan fingerprint density at radius 3 is 2.35 bits per heavy atom. The number of fused-ring (bicyclic) bond motifs is 2. The molecule has 8 nitrogen and oxygen atoms in total. The van der Waals surface area contributed by atoms with Crippen molar-refractivity contribution in [2.45, 2.75) is 129 Å². The highest BCUT2D eigenvalue weighted by molar-refractivity contribution is 6.19. The molecule has 3 aliphatic carbocycles. The zero-order chi connectivity index (χ0) is 37.4. The Morgan fingerprint density at radius 1 is 0.962 bits per heavy atom. The molecule has 1 amide bonds. The summed E-state index contributed by atoms with van der Waals surface area (Å²) in [5.74, 6) is 0.330. The lowest BCUT2D eigenvalue weighted by molar-refractivity contribution is -0.171. The van der Waals surface area contributed by atoms with Crippen LogP contribution in [0.1, 0.15) is 122 Å². The molecule has 0 N–H and O–H groups in total. The zero-order valence-corrected chi connectivity index (χ0v) is 32.5. The Labute approximate surface area is 309 Å². The average Bonchev–Trinajstić information content (AvgIpc) is 3.26. The van der Waals surface area contributed by atoms with Crippen LogP contribution in [0.2, 0.25) is 0 Å². The lowest BCUT2D eigenvalue weighted by atomic mass is 9.51. The maximum Gasteiger partial charge on any atom is 0.249 e. The SMILES string of the molecule is COc1c2c(c(CC=C(C)C)c3c1C(=O)C1=CC4CC5C(C)(C)OC(CC=C(C)C(=O)N6CCCCC6)(C4=O)C15O3)OC(C)(CCC=C(C)C)C=C2. The monoisotopic (exact) mass is 709 g/mol. The number of hydrogen-bond acceptors (Lipinski definition) is 7. The van der Waals surface area contributed by atoms with Gasteiger partial charge in [-0.1, -0.05) is 35.5 Å². The fourth-order valence-corrected chi connectivity index (χ4v) is 9.71. The molecular weight excluding hydrogens is 654 g/mol. The second-order valence-corrected chi connectivity index (χ2v) is 17.0. The standard InChI is InChI=1S/C44H55NO7/c1-26(2)14-13-19-42(8)20-18-31-36(50-42)30(16-15-27(3)4)38-34(37(31)49-9)35(46)32-24-29-25-33-41(6,7)52-43(39(29)47,44(32,33)51-38)21-17-28(5)40(48)45-22-11-10-12-23-45/h14-15,17-18,20,24,29,33H,10-13,16,19,21-23,25H2,1-9H3. The van der Waals surface area contributed by atoms with Gasteiger partial charge in [0.05, 0.1) is 18.3 Å². The van der Waals surface area contributed by atoms with Crippen molar-refractivity contribution in [3.05, 3.63) is 69.4 Å². The summed E-state index contributed by atoms with van der Waals surface area (Å²) in [6.45, 7) is 17.7. The van der Waals surface area contributed by atoms with E-state index in [9.17, 15) is 9.59 Å². The van der Waals surface area contributed by atoms with Crippen molar-refractivity contribution < 1.29 is 33.3 Å². The van der Waals surface area contributed by atoms with Crippen LogP contribution >= 0.6 is 0 Å². The van der Waals surface area contributed by atoms with Crippen LogP contribution in [0.5, 0.6) is 17.2 Å². The van der Waals surface area contributed by atoms with Gasteiger partial charge < -0.3 is 23.8 Å². The molecule has 2 saturated heterocycles. The van der Waals surface area contributed by atoms with Gasteiger partial charge in [-0.3, -0.25) is 14.4 Å². The highest BCUT2D eigenvalue weighted by Crippen LogP contribution is 2.68. The van der Waals surface area contributed by atoms with E-state index >= 15 is 4.79 Å². The van der Waals surface area contributed by atoms with Gasteiger partial charge in [-0.2, -0.15) is 0 Å². The van der Waals surface area contributed by atoms with Crippen molar-refractivity contribution in [3.63, 3.8) is 0 Å². The summed E-state index contributed by atoms with van der Waals surface area (Å²) in [6, 6.07) is 0. The van der Waals surface area contributed by atoms with E-state index in [4.69, 9.17) is 18.9 Å². The molecule has 4 heterocycles. The van der Waals surface area contributed by atoms with E-state index in [1.54, 1.807) is 7.11 Å². The number of likely N-dealkylation sites (tertiary alicyclic amines) is 1. The molecule has 52 heavy (non-hydrogen) atoms. The molecule has 7 aliphatic rings. The van der Waals surface area contributed by atoms with Crippen LogP contribution in [-0.4, -0.2) is 65.0 Å². The van der Waals surface area contributed by atoms with Gasteiger partial charge >= 0.3 is 0 Å². The number of hydrogen-bond donors (Lipinski definition) is 0. The van der Waals surface area contributed by atoms with Crippen molar-refractivity contribution in [2.75, 3.05) is 20.2 Å². The molecule has 5 unspecified atom stereocenters. The first kappa shape index (κ1) is 36.4. The summed E-state index contributed by atoms with van der Waals surface area (Å²) < 4.78 is 27.5. The number of nitrogens with zero attached hydrogens (tertiary/aromatic N) is 1. The summed E-state index contributed by atoms with van der Waals surface area (Å²) >= 11 is 0. The molecule has 0 radical (unpaired) electrons. The van der Waals surface area contributed by atoms with Gasteiger partial charge in [0.2, 0.25) is 5.91 Å². The number of ether oxygens (including phenoxy) is 4. The lowest BCUT2D eigenvalue weighted by Crippen LogP contribution is -2.72. The number of rotatable bonds is 9. The third-order valence-corrected chi connectivity index (χ3v) is 12.3. The van der Waals surface area contributed by atoms with Crippen LogP contribution in [0, 0.1) is 11.8 Å². The Bertz CT molecular complexity index is 1880. The topological polar surface area (TPSA) is 91.4 Å². The van der Waals surface area contributed by atoms with Gasteiger partial charge in [0.15, 0.2) is 22.8 Å². The van der Waals surface area contributed by atoms with E-state index in [2.05, 4.69) is 39.0 Å². The molecule has 1 saturated carbocycles. The van der Waals surface area contributed by atoms with Gasteiger partial charge in [0.1, 0.15) is 28.4 Å².